The van der Waals surface area contributed by atoms with E-state index in [0.29, 0.717) is 18.5 Å². The summed E-state index contributed by atoms with van der Waals surface area (Å²) in [5.74, 6) is 0. The molecular formula is C11H15F2N. The van der Waals surface area contributed by atoms with Crippen molar-refractivity contribution in [3.05, 3.63) is 23.8 Å². The van der Waals surface area contributed by atoms with Crippen LogP contribution in [0.25, 0.3) is 0 Å². The molecule has 2 saturated heterocycles. The van der Waals surface area contributed by atoms with Gasteiger partial charge in [0.2, 0.25) is 0 Å². The number of rotatable bonds is 1. The van der Waals surface area contributed by atoms with E-state index in [1.807, 2.05) is 0 Å². The Kier molecular flexibility index (Phi) is 2.22. The van der Waals surface area contributed by atoms with Crippen molar-refractivity contribution in [2.75, 3.05) is 13.1 Å². The van der Waals surface area contributed by atoms with Gasteiger partial charge in [-0.1, -0.05) is 19.1 Å². The molecule has 0 amide bonds. The van der Waals surface area contributed by atoms with E-state index in [2.05, 4.69) is 18.4 Å². The van der Waals surface area contributed by atoms with Crippen LogP contribution in [-0.2, 0) is 0 Å². The Labute approximate surface area is 83.1 Å². The molecule has 2 rings (SSSR count). The number of hydrogen-bond donors (Lipinski definition) is 0. The molecule has 2 fully saturated rings. The highest BCUT2D eigenvalue weighted by atomic mass is 19.3. The van der Waals surface area contributed by atoms with Crippen molar-refractivity contribution in [1.82, 2.24) is 4.90 Å². The lowest BCUT2D eigenvalue weighted by atomic mass is 9.89. The molecule has 2 aliphatic heterocycles. The second kappa shape index (κ2) is 3.16. The molecule has 0 saturated carbocycles. The molecule has 0 bridgehead atoms. The quantitative estimate of drug-likeness (QED) is 0.587. The number of fused-ring (bicyclic) bond motifs is 1. The maximum atomic E-state index is 12.5. The predicted molar refractivity (Wildman–Crippen MR) is 52.2 cm³/mol. The van der Waals surface area contributed by atoms with Crippen molar-refractivity contribution in [1.29, 1.82) is 0 Å². The summed E-state index contributed by atoms with van der Waals surface area (Å²) in [6.07, 6.45) is 0.881. The van der Waals surface area contributed by atoms with Crippen molar-refractivity contribution in [2.45, 2.75) is 31.7 Å². The van der Waals surface area contributed by atoms with E-state index < -0.39 is 6.08 Å². The molecular weight excluding hydrogens is 184 g/mol. The smallest absolute Gasteiger partial charge is 0.270 e. The highest BCUT2D eigenvalue weighted by Gasteiger charge is 2.47. The van der Waals surface area contributed by atoms with E-state index in [1.54, 1.807) is 0 Å². The largest absolute Gasteiger partial charge is 0.289 e. The van der Waals surface area contributed by atoms with Crippen molar-refractivity contribution >= 4 is 0 Å². The topological polar surface area (TPSA) is 3.24 Å². The molecule has 0 aromatic carbocycles. The molecule has 3 heteroatoms. The van der Waals surface area contributed by atoms with Gasteiger partial charge >= 0.3 is 0 Å². The van der Waals surface area contributed by atoms with Crippen molar-refractivity contribution in [3.8, 4) is 0 Å². The molecule has 0 aromatic heterocycles. The molecule has 1 atom stereocenters. The number of nitrogens with zero attached hydrogens (tertiary/aromatic N) is 1. The molecule has 2 heterocycles. The molecule has 1 nitrogen and oxygen atoms in total. The zero-order valence-corrected chi connectivity index (χ0v) is 8.45. The average Bonchev–Trinajstić information content (AvgIpc) is 2.57. The van der Waals surface area contributed by atoms with Crippen LogP contribution in [0.1, 0.15) is 26.2 Å². The third kappa shape index (κ3) is 1.31. The first-order valence-corrected chi connectivity index (χ1v) is 5.02. The Balaban J connectivity index is 2.27. The minimum atomic E-state index is -1.47. The normalized spacial score (nSPS) is 32.5. The van der Waals surface area contributed by atoms with Gasteiger partial charge in [0, 0.05) is 24.2 Å². The average molecular weight is 199 g/mol. The fourth-order valence-electron chi connectivity index (χ4n) is 2.75. The first-order chi connectivity index (χ1) is 6.57. The Morgan fingerprint density at radius 3 is 2.64 bits per heavy atom. The van der Waals surface area contributed by atoms with Crippen LogP contribution in [0.15, 0.2) is 23.8 Å². The van der Waals surface area contributed by atoms with E-state index in [4.69, 9.17) is 0 Å². The van der Waals surface area contributed by atoms with E-state index in [0.717, 1.165) is 19.4 Å². The maximum absolute atomic E-state index is 12.5. The Bertz CT molecular complexity index is 304. The van der Waals surface area contributed by atoms with Gasteiger partial charge in [-0.05, 0) is 19.3 Å². The SMILES string of the molecule is C=C1CN2CC(=C(F)F)C[C@@]2(CC)C1. The van der Waals surface area contributed by atoms with Gasteiger partial charge in [-0.2, -0.15) is 8.78 Å². The molecule has 0 spiro atoms. The van der Waals surface area contributed by atoms with Crippen molar-refractivity contribution in [3.63, 3.8) is 0 Å². The highest BCUT2D eigenvalue weighted by molar-refractivity contribution is 5.27. The molecule has 0 aromatic rings. The first kappa shape index (κ1) is 9.84. The van der Waals surface area contributed by atoms with Gasteiger partial charge in [0.15, 0.2) is 0 Å². The highest BCUT2D eigenvalue weighted by Crippen LogP contribution is 2.45. The number of hydrogen-bond acceptors (Lipinski definition) is 1. The predicted octanol–water partition coefficient (Wildman–Crippen LogP) is 2.95. The van der Waals surface area contributed by atoms with Crippen LogP contribution in [0.5, 0.6) is 0 Å². The third-order valence-corrected chi connectivity index (χ3v) is 3.51. The lowest BCUT2D eigenvalue weighted by Crippen LogP contribution is -2.37. The zero-order valence-electron chi connectivity index (χ0n) is 8.45. The zero-order chi connectivity index (χ0) is 10.3. The Morgan fingerprint density at radius 1 is 1.43 bits per heavy atom. The maximum Gasteiger partial charge on any atom is 0.270 e. The third-order valence-electron chi connectivity index (χ3n) is 3.51. The van der Waals surface area contributed by atoms with Crippen LogP contribution >= 0.6 is 0 Å². The van der Waals surface area contributed by atoms with Crippen LogP contribution in [-0.4, -0.2) is 23.5 Å². The second-order valence-electron chi connectivity index (χ2n) is 4.40. The summed E-state index contributed by atoms with van der Waals surface area (Å²) in [6, 6.07) is 0. The summed E-state index contributed by atoms with van der Waals surface area (Å²) in [4.78, 5) is 2.16. The van der Waals surface area contributed by atoms with Crippen LogP contribution < -0.4 is 0 Å². The lowest BCUT2D eigenvalue weighted by molar-refractivity contribution is 0.189. The molecule has 2 aliphatic rings. The van der Waals surface area contributed by atoms with Gasteiger partial charge in [-0.15, -0.1) is 0 Å². The summed E-state index contributed by atoms with van der Waals surface area (Å²) in [5.41, 5.74) is 1.49. The molecule has 14 heavy (non-hydrogen) atoms. The van der Waals surface area contributed by atoms with Gasteiger partial charge in [0.05, 0.1) is 0 Å². The molecule has 78 valence electrons. The van der Waals surface area contributed by atoms with E-state index in [9.17, 15) is 8.78 Å². The summed E-state index contributed by atoms with van der Waals surface area (Å²) < 4.78 is 25.0. The summed E-state index contributed by atoms with van der Waals surface area (Å²) >= 11 is 0. The summed E-state index contributed by atoms with van der Waals surface area (Å²) in [6.45, 7) is 7.26. The summed E-state index contributed by atoms with van der Waals surface area (Å²) in [7, 11) is 0. The van der Waals surface area contributed by atoms with Gasteiger partial charge in [-0.3, -0.25) is 4.90 Å². The minimum Gasteiger partial charge on any atom is -0.289 e. The van der Waals surface area contributed by atoms with Crippen molar-refractivity contribution in [2.24, 2.45) is 0 Å². The van der Waals surface area contributed by atoms with Crippen LogP contribution in [0.3, 0.4) is 0 Å². The summed E-state index contributed by atoms with van der Waals surface area (Å²) in [5, 5.41) is 0. The minimum absolute atomic E-state index is 0.0319. The van der Waals surface area contributed by atoms with Crippen molar-refractivity contribution < 1.29 is 8.78 Å². The first-order valence-electron chi connectivity index (χ1n) is 5.02. The van der Waals surface area contributed by atoms with Gasteiger partial charge in [0.25, 0.3) is 6.08 Å². The fraction of sp³-hybridized carbons (Fsp3) is 0.636. The Morgan fingerprint density at radius 2 is 2.14 bits per heavy atom. The molecule has 0 N–H and O–H groups in total. The van der Waals surface area contributed by atoms with Crippen LogP contribution in [0, 0.1) is 0 Å². The molecule has 0 radical (unpaired) electrons. The van der Waals surface area contributed by atoms with Crippen LogP contribution in [0.4, 0.5) is 8.78 Å². The van der Waals surface area contributed by atoms with Gasteiger partial charge in [0.1, 0.15) is 0 Å². The monoisotopic (exact) mass is 199 g/mol. The Hall–Kier alpha value is -0.700. The fourth-order valence-corrected chi connectivity index (χ4v) is 2.75. The molecule has 0 aliphatic carbocycles. The van der Waals surface area contributed by atoms with Gasteiger partial charge < -0.3 is 0 Å². The lowest BCUT2D eigenvalue weighted by Gasteiger charge is -2.29. The number of halogens is 2. The van der Waals surface area contributed by atoms with E-state index in [-0.39, 0.29) is 5.54 Å². The van der Waals surface area contributed by atoms with Crippen LogP contribution in [0.2, 0.25) is 0 Å². The van der Waals surface area contributed by atoms with E-state index in [1.165, 1.54) is 5.57 Å². The second-order valence-corrected chi connectivity index (χ2v) is 4.40. The van der Waals surface area contributed by atoms with E-state index >= 15 is 0 Å². The standard InChI is InChI=1S/C11H15F2N/c1-3-11-4-8(2)6-14(11)7-9(5-11)10(12)13/h2-7H2,1H3/t11-/m1/s1. The molecule has 0 unspecified atom stereocenters. The van der Waals surface area contributed by atoms with Gasteiger partial charge in [-0.25, -0.2) is 0 Å².